The molecule has 348 valence electrons. The Morgan fingerprint density at radius 2 is 1.47 bits per heavy atom. The molecule has 3 fully saturated rings. The molecule has 3 heterocycles. The number of methoxy groups -OCH3 is 2. The molecule has 2 unspecified atom stereocenters. The Hall–Kier alpha value is -6.36. The molecule has 0 radical (unpaired) electrons. The van der Waals surface area contributed by atoms with E-state index in [1.54, 1.807) is 34.2 Å². The van der Waals surface area contributed by atoms with Crippen molar-refractivity contribution in [3.63, 3.8) is 0 Å². The third kappa shape index (κ3) is 7.73. The lowest BCUT2D eigenvalue weighted by molar-refractivity contribution is -0.145. The zero-order valence-electron chi connectivity index (χ0n) is 38.3. The van der Waals surface area contributed by atoms with Gasteiger partial charge in [0.1, 0.15) is 23.7 Å². The van der Waals surface area contributed by atoms with Crippen molar-refractivity contribution in [1.29, 1.82) is 0 Å². The van der Waals surface area contributed by atoms with Crippen LogP contribution in [0.5, 0.6) is 0 Å². The van der Waals surface area contributed by atoms with Crippen molar-refractivity contribution in [3.8, 4) is 33.5 Å². The van der Waals surface area contributed by atoms with Crippen molar-refractivity contribution in [2.45, 2.75) is 103 Å². The molecule has 66 heavy (non-hydrogen) atoms. The predicted octanol–water partition coefficient (Wildman–Crippen LogP) is 7.75. The van der Waals surface area contributed by atoms with Crippen LogP contribution in [0.1, 0.15) is 89.5 Å². The Morgan fingerprint density at radius 1 is 0.864 bits per heavy atom. The number of H-pyrrole nitrogens is 2. The number of fused-ring (bicyclic) bond motifs is 6. The van der Waals surface area contributed by atoms with E-state index in [2.05, 4.69) is 32.5 Å². The summed E-state index contributed by atoms with van der Waals surface area (Å²) >= 11 is 0. The highest BCUT2D eigenvalue weighted by atomic mass is 19.3. The summed E-state index contributed by atoms with van der Waals surface area (Å²) in [6.45, 7) is 10.1. The number of nitrogens with zero attached hydrogens (tertiary/aromatic N) is 4. The van der Waals surface area contributed by atoms with E-state index >= 15 is 8.78 Å². The van der Waals surface area contributed by atoms with Crippen molar-refractivity contribution in [2.24, 2.45) is 28.9 Å². The second kappa shape index (κ2) is 16.5. The fourth-order valence-electron chi connectivity index (χ4n) is 10.3. The molecule has 9 rings (SSSR count). The lowest BCUT2D eigenvalue weighted by Crippen LogP contribution is -2.64. The monoisotopic (exact) mass is 905 g/mol. The highest BCUT2D eigenvalue weighted by Crippen LogP contribution is 2.54. The van der Waals surface area contributed by atoms with E-state index in [1.807, 2.05) is 52.0 Å². The molecule has 5 atom stereocenters. The highest BCUT2D eigenvalue weighted by Gasteiger charge is 2.60. The molecule has 4 aliphatic rings. The largest absolute Gasteiger partial charge is 0.453 e. The number of carbonyl (C=O) groups is 4. The summed E-state index contributed by atoms with van der Waals surface area (Å²) in [6, 6.07) is 13.8. The average Bonchev–Trinajstić information content (AvgIpc) is 3.85. The first-order valence-electron chi connectivity index (χ1n) is 22.7. The summed E-state index contributed by atoms with van der Waals surface area (Å²) in [5, 5.41) is 5.37. The number of imidazole rings is 2. The van der Waals surface area contributed by atoms with Crippen molar-refractivity contribution >= 4 is 35.0 Å². The summed E-state index contributed by atoms with van der Waals surface area (Å²) in [5.74, 6) is -3.44. The summed E-state index contributed by atoms with van der Waals surface area (Å²) in [4.78, 5) is 72.0. The number of hydrogen-bond acceptors (Lipinski definition) is 9. The van der Waals surface area contributed by atoms with Crippen LogP contribution in [-0.4, -0.2) is 92.6 Å². The Kier molecular flexibility index (Phi) is 11.2. The SMILES string of the molecule is COC(=O)NC(C(=O)N(Cc1ncc(-c2ccc3c(c2)C(F)(F)c2cc(-c4ccc5nc([C@]6(N)[C@H]7CC[C@H](C7)N6C(=O)C(NC(=O)OC)C(C)C)[nH]c5c4)ccc2-3)[nH]1)CC1(C)CC1)C(C)C. The fraction of sp³-hybridized carbons (Fsp3) is 0.469. The van der Waals surface area contributed by atoms with Crippen LogP contribution in [0.25, 0.3) is 44.5 Å². The molecule has 2 aromatic heterocycles. The van der Waals surface area contributed by atoms with Crippen molar-refractivity contribution in [1.82, 2.24) is 40.4 Å². The van der Waals surface area contributed by atoms with E-state index in [4.69, 9.17) is 20.2 Å². The topological polar surface area (TPSA) is 201 Å². The zero-order valence-corrected chi connectivity index (χ0v) is 38.3. The number of hydrogen-bond donors (Lipinski definition) is 5. The van der Waals surface area contributed by atoms with Gasteiger partial charge in [-0.15, -0.1) is 0 Å². The van der Waals surface area contributed by atoms with Crippen molar-refractivity contribution in [2.75, 3.05) is 20.8 Å². The molecule has 5 aromatic rings. The maximum Gasteiger partial charge on any atom is 0.407 e. The van der Waals surface area contributed by atoms with Gasteiger partial charge in [-0.1, -0.05) is 65.0 Å². The lowest BCUT2D eigenvalue weighted by atomic mass is 9.89. The summed E-state index contributed by atoms with van der Waals surface area (Å²) in [5.41, 5.74) is 10.2. The average molecular weight is 906 g/mol. The van der Waals surface area contributed by atoms with Gasteiger partial charge in [0, 0.05) is 35.2 Å². The number of piperidine rings is 1. The minimum atomic E-state index is -3.31. The molecule has 1 saturated heterocycles. The van der Waals surface area contributed by atoms with Crippen LogP contribution in [0.2, 0.25) is 0 Å². The Morgan fingerprint density at radius 3 is 2.11 bits per heavy atom. The molecule has 1 aliphatic heterocycles. The van der Waals surface area contributed by atoms with Crippen LogP contribution in [0, 0.1) is 23.2 Å². The van der Waals surface area contributed by atoms with Gasteiger partial charge in [0.05, 0.1) is 43.7 Å². The minimum absolute atomic E-state index is 0.0349. The molecule has 0 spiro atoms. The number of alkyl carbamates (subject to hydrolysis) is 2. The van der Waals surface area contributed by atoms with Gasteiger partial charge in [-0.2, -0.15) is 8.78 Å². The number of benzene rings is 3. The third-order valence-electron chi connectivity index (χ3n) is 14.3. The van der Waals surface area contributed by atoms with Gasteiger partial charge >= 0.3 is 12.2 Å². The van der Waals surface area contributed by atoms with E-state index < -0.39 is 35.9 Å². The standard InChI is InChI=1S/C49H57F2N9O6/c1-25(2)40(57-45(63)65-6)42(61)59(24-47(5)16-17-47)23-39-53-22-38(54-39)29-9-14-33-32-13-8-27(18-34(32)48(50,51)35(33)19-29)28-10-15-36-37(20-28)56-44(55-36)49(52)30-11-12-31(21-30)60(49)43(62)41(26(3)4)58-46(64)66-7/h8-10,13-15,18-20,22,25-26,30-31,40-41H,11-12,16-17,21,23-24,52H2,1-7H3,(H,53,54)(H,55,56)(H,57,63)(H,58,64)/t30-,31+,40?,41?,49-/m0/s1. The number of likely N-dealkylation sites (tertiary alicyclic amines) is 1. The van der Waals surface area contributed by atoms with E-state index in [1.165, 1.54) is 26.4 Å². The van der Waals surface area contributed by atoms with Crippen LogP contribution < -0.4 is 16.4 Å². The second-order valence-corrected chi connectivity index (χ2v) is 19.6. The van der Waals surface area contributed by atoms with Gasteiger partial charge in [0.25, 0.3) is 5.92 Å². The number of ether oxygens (including phenoxy) is 2. The van der Waals surface area contributed by atoms with E-state index in [0.29, 0.717) is 69.2 Å². The third-order valence-corrected chi connectivity index (χ3v) is 14.3. The first-order valence-corrected chi connectivity index (χ1v) is 22.7. The lowest BCUT2D eigenvalue weighted by Gasteiger charge is -2.44. The van der Waals surface area contributed by atoms with Crippen LogP contribution >= 0.6 is 0 Å². The van der Waals surface area contributed by atoms with Gasteiger partial charge in [-0.3, -0.25) is 9.59 Å². The molecule has 6 N–H and O–H groups in total. The number of halogens is 2. The normalized spacial score (nSPS) is 21.7. The number of carbonyl (C=O) groups excluding carboxylic acids is 4. The van der Waals surface area contributed by atoms with Gasteiger partial charge in [0.15, 0.2) is 5.66 Å². The maximum atomic E-state index is 16.7. The molecule has 17 heteroatoms. The number of alkyl halides is 2. The van der Waals surface area contributed by atoms with Crippen LogP contribution in [0.4, 0.5) is 18.4 Å². The number of amides is 4. The van der Waals surface area contributed by atoms with E-state index in [-0.39, 0.29) is 58.7 Å². The van der Waals surface area contributed by atoms with Gasteiger partial charge < -0.3 is 45.6 Å². The highest BCUT2D eigenvalue weighted by molar-refractivity contribution is 5.89. The molecule has 3 aliphatic carbocycles. The molecule has 15 nitrogen and oxygen atoms in total. The number of rotatable bonds is 13. The molecule has 2 bridgehead atoms. The van der Waals surface area contributed by atoms with Crippen molar-refractivity contribution in [3.05, 3.63) is 83.6 Å². The van der Waals surface area contributed by atoms with Crippen molar-refractivity contribution < 1.29 is 37.4 Å². The first-order chi connectivity index (χ1) is 31.3. The van der Waals surface area contributed by atoms with Crippen LogP contribution in [0.3, 0.4) is 0 Å². The Bertz CT molecular complexity index is 2750. The quantitative estimate of drug-likeness (QED) is 0.0784. The van der Waals surface area contributed by atoms with Crippen LogP contribution in [-0.2, 0) is 37.2 Å². The summed E-state index contributed by atoms with van der Waals surface area (Å²) in [7, 11) is 2.51. The Labute approximate surface area is 381 Å². The smallest absolute Gasteiger partial charge is 0.407 e. The summed E-state index contributed by atoms with van der Waals surface area (Å²) < 4.78 is 42.9. The number of nitrogens with two attached hydrogens (primary N) is 1. The van der Waals surface area contributed by atoms with E-state index in [0.717, 1.165) is 25.7 Å². The fourth-order valence-corrected chi connectivity index (χ4v) is 10.3. The predicted molar refractivity (Wildman–Crippen MR) is 242 cm³/mol. The minimum Gasteiger partial charge on any atom is -0.453 e. The van der Waals surface area contributed by atoms with Crippen LogP contribution in [0.15, 0.2) is 60.8 Å². The number of nitrogens with one attached hydrogen (secondary N) is 4. The first kappa shape index (κ1) is 44.8. The molecular formula is C49H57F2N9O6. The molecule has 2 saturated carbocycles. The molecule has 3 aromatic carbocycles. The van der Waals surface area contributed by atoms with E-state index in [9.17, 15) is 19.2 Å². The number of aromatic amines is 2. The van der Waals surface area contributed by atoms with Gasteiger partial charge in [0.2, 0.25) is 11.8 Å². The number of aromatic nitrogens is 4. The second-order valence-electron chi connectivity index (χ2n) is 19.6. The molecular weight excluding hydrogens is 849 g/mol. The summed E-state index contributed by atoms with van der Waals surface area (Å²) in [6.07, 6.45) is 4.47. The maximum absolute atomic E-state index is 16.7. The molecule has 4 amide bonds. The zero-order chi connectivity index (χ0) is 47.0. The van der Waals surface area contributed by atoms with Gasteiger partial charge in [-0.25, -0.2) is 19.6 Å². The Balaban J connectivity index is 0.958. The van der Waals surface area contributed by atoms with Gasteiger partial charge in [-0.05, 0) is 95.9 Å².